The molecule has 18 heavy (non-hydrogen) atoms. The van der Waals surface area contributed by atoms with Crippen molar-refractivity contribution in [3.8, 4) is 6.07 Å². The zero-order valence-electron chi connectivity index (χ0n) is 12.4. The van der Waals surface area contributed by atoms with E-state index in [2.05, 4.69) is 58.9 Å². The molecule has 1 heteroatoms. The number of aryl methyl sites for hydroxylation is 1. The number of hydrogen-bond acceptors (Lipinski definition) is 1. The van der Waals surface area contributed by atoms with Gasteiger partial charge in [-0.3, -0.25) is 0 Å². The maximum Gasteiger partial charge on any atom is 0.0621 e. The van der Waals surface area contributed by atoms with Gasteiger partial charge in [0.2, 0.25) is 0 Å². The van der Waals surface area contributed by atoms with Crippen LogP contribution in [-0.2, 0) is 11.8 Å². The van der Waals surface area contributed by atoms with E-state index in [4.69, 9.17) is 5.26 Å². The smallest absolute Gasteiger partial charge is 0.0621 e. The topological polar surface area (TPSA) is 23.8 Å². The van der Waals surface area contributed by atoms with Crippen molar-refractivity contribution in [2.24, 2.45) is 0 Å². The summed E-state index contributed by atoms with van der Waals surface area (Å²) in [6, 6.07) is 9.11. The summed E-state index contributed by atoms with van der Waals surface area (Å²) in [6.07, 6.45) is 2.66. The van der Waals surface area contributed by atoms with Crippen molar-refractivity contribution in [1.82, 2.24) is 0 Å². The SMILES string of the molecule is CCc1ccc(C(C)(C)C)cc1C(C)CCC#N. The van der Waals surface area contributed by atoms with Gasteiger partial charge in [-0.15, -0.1) is 0 Å². The fraction of sp³-hybridized carbons (Fsp3) is 0.588. The van der Waals surface area contributed by atoms with Crippen LogP contribution in [0.4, 0.5) is 0 Å². The lowest BCUT2D eigenvalue weighted by atomic mass is 9.82. The van der Waals surface area contributed by atoms with E-state index >= 15 is 0 Å². The Hall–Kier alpha value is -1.29. The molecule has 0 saturated heterocycles. The minimum Gasteiger partial charge on any atom is -0.198 e. The van der Waals surface area contributed by atoms with Crippen LogP contribution in [0.3, 0.4) is 0 Å². The Bertz CT molecular complexity index is 432. The molecule has 0 saturated carbocycles. The van der Waals surface area contributed by atoms with Crippen LogP contribution in [0.2, 0.25) is 0 Å². The van der Waals surface area contributed by atoms with E-state index in [0.29, 0.717) is 12.3 Å². The molecule has 0 aliphatic heterocycles. The first-order valence-corrected chi connectivity index (χ1v) is 6.90. The third-order valence-electron chi connectivity index (χ3n) is 3.61. The molecule has 1 atom stereocenters. The van der Waals surface area contributed by atoms with Crippen LogP contribution in [0.25, 0.3) is 0 Å². The fourth-order valence-electron chi connectivity index (χ4n) is 2.28. The molecule has 0 fully saturated rings. The highest BCUT2D eigenvalue weighted by molar-refractivity contribution is 5.37. The van der Waals surface area contributed by atoms with Gasteiger partial charge in [-0.05, 0) is 40.9 Å². The lowest BCUT2D eigenvalue weighted by Crippen LogP contribution is -2.12. The lowest BCUT2D eigenvalue weighted by molar-refractivity contribution is 0.586. The molecule has 0 amide bonds. The molecule has 0 heterocycles. The predicted molar refractivity (Wildman–Crippen MR) is 77.8 cm³/mol. The molecule has 0 spiro atoms. The molecule has 1 nitrogen and oxygen atoms in total. The summed E-state index contributed by atoms with van der Waals surface area (Å²) in [7, 11) is 0. The van der Waals surface area contributed by atoms with Gasteiger partial charge in [0, 0.05) is 6.42 Å². The molecule has 1 aromatic carbocycles. The fourth-order valence-corrected chi connectivity index (χ4v) is 2.28. The summed E-state index contributed by atoms with van der Waals surface area (Å²) in [5.74, 6) is 0.474. The van der Waals surface area contributed by atoms with Gasteiger partial charge >= 0.3 is 0 Å². The third-order valence-corrected chi connectivity index (χ3v) is 3.61. The first-order valence-electron chi connectivity index (χ1n) is 6.90. The molecule has 0 N–H and O–H groups in total. The average Bonchev–Trinajstić information content (AvgIpc) is 2.34. The second-order valence-electron chi connectivity index (χ2n) is 6.11. The molecule has 1 unspecified atom stereocenters. The van der Waals surface area contributed by atoms with Gasteiger partial charge in [0.1, 0.15) is 0 Å². The number of nitrogens with zero attached hydrogens (tertiary/aromatic N) is 1. The van der Waals surface area contributed by atoms with E-state index in [-0.39, 0.29) is 5.41 Å². The molecule has 1 aromatic rings. The van der Waals surface area contributed by atoms with E-state index in [0.717, 1.165) is 12.8 Å². The standard InChI is InChI=1S/C17H25N/c1-6-14-9-10-15(17(3,4)5)12-16(14)13(2)8-7-11-18/h9-10,12-13H,6-8H2,1-5H3. The molecule has 0 bridgehead atoms. The number of benzene rings is 1. The predicted octanol–water partition coefficient (Wildman–Crippen LogP) is 4.95. The Balaban J connectivity index is 3.10. The number of rotatable bonds is 4. The van der Waals surface area contributed by atoms with Gasteiger partial charge in [0.15, 0.2) is 0 Å². The van der Waals surface area contributed by atoms with E-state index in [1.54, 1.807) is 0 Å². The first-order chi connectivity index (χ1) is 8.40. The Labute approximate surface area is 112 Å². The number of hydrogen-bond donors (Lipinski definition) is 0. The van der Waals surface area contributed by atoms with Crippen molar-refractivity contribution >= 4 is 0 Å². The van der Waals surface area contributed by atoms with Crippen molar-refractivity contribution in [2.75, 3.05) is 0 Å². The van der Waals surface area contributed by atoms with E-state index in [1.807, 2.05) is 0 Å². The van der Waals surface area contributed by atoms with Gasteiger partial charge in [-0.2, -0.15) is 5.26 Å². The van der Waals surface area contributed by atoms with E-state index in [1.165, 1.54) is 16.7 Å². The van der Waals surface area contributed by atoms with Crippen molar-refractivity contribution in [3.63, 3.8) is 0 Å². The summed E-state index contributed by atoms with van der Waals surface area (Å²) < 4.78 is 0. The van der Waals surface area contributed by atoms with Gasteiger partial charge in [0.05, 0.1) is 6.07 Å². The Morgan fingerprint density at radius 1 is 1.28 bits per heavy atom. The van der Waals surface area contributed by atoms with E-state index in [9.17, 15) is 0 Å². The van der Waals surface area contributed by atoms with Crippen molar-refractivity contribution < 1.29 is 0 Å². The second-order valence-corrected chi connectivity index (χ2v) is 6.11. The Morgan fingerprint density at radius 2 is 1.94 bits per heavy atom. The van der Waals surface area contributed by atoms with Gasteiger partial charge in [0.25, 0.3) is 0 Å². The zero-order chi connectivity index (χ0) is 13.8. The quantitative estimate of drug-likeness (QED) is 0.733. The Kier molecular flexibility index (Phi) is 4.96. The van der Waals surface area contributed by atoms with Crippen molar-refractivity contribution in [1.29, 1.82) is 5.26 Å². The second kappa shape index (κ2) is 6.05. The zero-order valence-corrected chi connectivity index (χ0v) is 12.4. The van der Waals surface area contributed by atoms with Crippen LogP contribution in [0.1, 0.15) is 70.1 Å². The summed E-state index contributed by atoms with van der Waals surface area (Å²) in [6.45, 7) is 11.2. The molecule has 1 rings (SSSR count). The molecule has 0 aromatic heterocycles. The van der Waals surface area contributed by atoms with Crippen LogP contribution >= 0.6 is 0 Å². The number of nitriles is 1. The Morgan fingerprint density at radius 3 is 2.44 bits per heavy atom. The summed E-state index contributed by atoms with van der Waals surface area (Å²) in [5.41, 5.74) is 4.43. The van der Waals surface area contributed by atoms with Crippen molar-refractivity contribution in [3.05, 3.63) is 34.9 Å². The molecule has 98 valence electrons. The highest BCUT2D eigenvalue weighted by Crippen LogP contribution is 2.30. The lowest BCUT2D eigenvalue weighted by Gasteiger charge is -2.23. The van der Waals surface area contributed by atoms with Gasteiger partial charge in [-0.25, -0.2) is 0 Å². The van der Waals surface area contributed by atoms with Gasteiger partial charge < -0.3 is 0 Å². The van der Waals surface area contributed by atoms with Crippen LogP contribution in [0, 0.1) is 11.3 Å². The minimum absolute atomic E-state index is 0.190. The maximum atomic E-state index is 8.72. The average molecular weight is 243 g/mol. The highest BCUT2D eigenvalue weighted by Gasteiger charge is 2.17. The molecule has 0 aliphatic rings. The van der Waals surface area contributed by atoms with Crippen molar-refractivity contribution in [2.45, 2.75) is 65.2 Å². The monoisotopic (exact) mass is 243 g/mol. The molecular formula is C17H25N. The maximum absolute atomic E-state index is 8.72. The largest absolute Gasteiger partial charge is 0.198 e. The summed E-state index contributed by atoms with van der Waals surface area (Å²) >= 11 is 0. The minimum atomic E-state index is 0.190. The first kappa shape index (κ1) is 14.8. The van der Waals surface area contributed by atoms with Gasteiger partial charge in [-0.1, -0.05) is 52.8 Å². The molecule has 0 aliphatic carbocycles. The van der Waals surface area contributed by atoms with Crippen LogP contribution in [-0.4, -0.2) is 0 Å². The summed E-state index contributed by atoms with van der Waals surface area (Å²) in [4.78, 5) is 0. The van der Waals surface area contributed by atoms with E-state index < -0.39 is 0 Å². The molecule has 0 radical (unpaired) electrons. The normalized spacial score (nSPS) is 13.1. The third kappa shape index (κ3) is 3.60. The highest BCUT2D eigenvalue weighted by atomic mass is 14.2. The summed E-state index contributed by atoms with van der Waals surface area (Å²) in [5, 5.41) is 8.72. The molecular weight excluding hydrogens is 218 g/mol. The van der Waals surface area contributed by atoms with Crippen LogP contribution in [0.5, 0.6) is 0 Å². The van der Waals surface area contributed by atoms with Crippen LogP contribution < -0.4 is 0 Å². The van der Waals surface area contributed by atoms with Crippen LogP contribution in [0.15, 0.2) is 18.2 Å².